The highest BCUT2D eigenvalue weighted by Crippen LogP contribution is 2.09. The molecular weight excluding hydrogens is 198 g/mol. The topological polar surface area (TPSA) is 79.0 Å². The highest BCUT2D eigenvalue weighted by Gasteiger charge is 2.10. The Balaban J connectivity index is 2.89. The molecule has 2 aromatic heterocycles. The van der Waals surface area contributed by atoms with Gasteiger partial charge in [-0.1, -0.05) is 0 Å². The quantitative estimate of drug-likeness (QED) is 0.718. The van der Waals surface area contributed by atoms with Crippen molar-refractivity contribution in [3.05, 3.63) is 46.4 Å². The number of fused-ring (bicyclic) bond motifs is 1. The predicted octanol–water partition coefficient (Wildman–Crippen LogP) is 0.703. The second-order valence-corrected chi connectivity index (χ2v) is 3.04. The molecule has 0 atom stereocenters. The number of carbonyl (C=O) groups is 1. The summed E-state index contributed by atoms with van der Waals surface area (Å²) in [7, 11) is 0. The number of carboxylic acids is 1. The van der Waals surface area contributed by atoms with Gasteiger partial charge in [-0.2, -0.15) is 0 Å². The number of hydrogen-bond acceptors (Lipinski definition) is 3. The first kappa shape index (κ1) is 9.26. The fourth-order valence-corrected chi connectivity index (χ4v) is 1.35. The van der Waals surface area contributed by atoms with Crippen molar-refractivity contribution in [2.75, 3.05) is 0 Å². The van der Waals surface area contributed by atoms with Crippen molar-refractivity contribution in [1.82, 2.24) is 4.40 Å². The number of carboxylic acid groups (broad SMARTS) is 1. The van der Waals surface area contributed by atoms with Gasteiger partial charge in [-0.15, -0.1) is 0 Å². The molecule has 2 heterocycles. The monoisotopic (exact) mass is 205 g/mol. The van der Waals surface area contributed by atoms with Crippen LogP contribution >= 0.6 is 0 Å². The maximum Gasteiger partial charge on any atom is 0.341 e. The molecule has 0 bridgehead atoms. The maximum absolute atomic E-state index is 11.6. The minimum atomic E-state index is -1.28. The van der Waals surface area contributed by atoms with Gasteiger partial charge in [-0.3, -0.25) is 9.20 Å². The number of rotatable bonds is 1. The average Bonchev–Trinajstić information content (AvgIpc) is 2.19. The van der Waals surface area contributed by atoms with Gasteiger partial charge in [-0.05, 0) is 24.3 Å². The van der Waals surface area contributed by atoms with Crippen LogP contribution in [0.15, 0.2) is 35.3 Å². The number of hydrogen-bond donors (Lipinski definition) is 2. The summed E-state index contributed by atoms with van der Waals surface area (Å²) in [4.78, 5) is 22.3. The zero-order valence-corrected chi connectivity index (χ0v) is 7.54. The summed E-state index contributed by atoms with van der Waals surface area (Å²) in [6, 6.07) is 5.71. The van der Waals surface area contributed by atoms with Crippen LogP contribution in [-0.4, -0.2) is 20.6 Å². The van der Waals surface area contributed by atoms with E-state index < -0.39 is 11.5 Å². The Morgan fingerprint density at radius 3 is 2.53 bits per heavy atom. The van der Waals surface area contributed by atoms with Crippen LogP contribution in [0.1, 0.15) is 10.4 Å². The van der Waals surface area contributed by atoms with Gasteiger partial charge in [0.2, 0.25) is 0 Å². The van der Waals surface area contributed by atoms with E-state index in [9.17, 15) is 14.7 Å². The third-order valence-electron chi connectivity index (χ3n) is 2.06. The van der Waals surface area contributed by atoms with Crippen molar-refractivity contribution >= 4 is 11.5 Å². The number of aromatic hydroxyl groups is 1. The largest absolute Gasteiger partial charge is 0.506 e. The molecule has 2 rings (SSSR count). The SMILES string of the molecule is O=C(O)c1ccc2ccc(O)cn2c1=O. The Labute approximate surface area is 83.8 Å². The van der Waals surface area contributed by atoms with Crippen molar-refractivity contribution in [2.24, 2.45) is 0 Å². The summed E-state index contributed by atoms with van der Waals surface area (Å²) >= 11 is 0. The van der Waals surface area contributed by atoms with Gasteiger partial charge in [0.15, 0.2) is 0 Å². The Kier molecular flexibility index (Phi) is 1.93. The Morgan fingerprint density at radius 1 is 1.20 bits per heavy atom. The van der Waals surface area contributed by atoms with Gasteiger partial charge in [-0.25, -0.2) is 4.79 Å². The molecule has 0 aliphatic heterocycles. The van der Waals surface area contributed by atoms with E-state index in [4.69, 9.17) is 5.11 Å². The number of nitrogens with zero attached hydrogens (tertiary/aromatic N) is 1. The molecule has 15 heavy (non-hydrogen) atoms. The van der Waals surface area contributed by atoms with Gasteiger partial charge in [0.25, 0.3) is 5.56 Å². The molecule has 5 heteroatoms. The highest BCUT2D eigenvalue weighted by atomic mass is 16.4. The molecule has 0 aromatic carbocycles. The van der Waals surface area contributed by atoms with Crippen LogP contribution < -0.4 is 5.56 Å². The normalized spacial score (nSPS) is 10.4. The van der Waals surface area contributed by atoms with Gasteiger partial charge in [0, 0.05) is 5.52 Å². The summed E-state index contributed by atoms with van der Waals surface area (Å²) in [5.74, 6) is -1.37. The zero-order chi connectivity index (χ0) is 11.0. The summed E-state index contributed by atoms with van der Waals surface area (Å²) in [6.07, 6.45) is 1.18. The molecule has 2 N–H and O–H groups in total. The first-order valence-corrected chi connectivity index (χ1v) is 4.17. The Morgan fingerprint density at radius 2 is 1.87 bits per heavy atom. The second-order valence-electron chi connectivity index (χ2n) is 3.04. The molecular formula is C10H7NO4. The minimum Gasteiger partial charge on any atom is -0.506 e. The minimum absolute atomic E-state index is 0.0906. The molecule has 0 spiro atoms. The van der Waals surface area contributed by atoms with Crippen LogP contribution in [0.2, 0.25) is 0 Å². The fourth-order valence-electron chi connectivity index (χ4n) is 1.35. The third-order valence-corrected chi connectivity index (χ3v) is 2.06. The van der Waals surface area contributed by atoms with Crippen LogP contribution in [0.3, 0.4) is 0 Å². The molecule has 0 amide bonds. The van der Waals surface area contributed by atoms with Crippen molar-refractivity contribution < 1.29 is 15.0 Å². The predicted molar refractivity (Wildman–Crippen MR) is 52.3 cm³/mol. The van der Waals surface area contributed by atoms with E-state index in [-0.39, 0.29) is 11.3 Å². The summed E-state index contributed by atoms with van der Waals surface area (Å²) in [6.45, 7) is 0. The van der Waals surface area contributed by atoms with Crippen molar-refractivity contribution in [3.8, 4) is 5.75 Å². The number of aromatic carboxylic acids is 1. The standard InChI is InChI=1S/C10H7NO4/c12-7-3-1-6-2-4-8(10(14)15)9(13)11(6)5-7/h1-5,12H,(H,14,15). The van der Waals surface area contributed by atoms with Gasteiger partial charge in [0.05, 0.1) is 6.20 Å². The molecule has 0 radical (unpaired) electrons. The summed E-state index contributed by atoms with van der Waals surface area (Å²) in [5.41, 5.74) is -0.447. The molecule has 0 aliphatic rings. The van der Waals surface area contributed by atoms with E-state index in [0.29, 0.717) is 5.52 Å². The molecule has 0 saturated heterocycles. The van der Waals surface area contributed by atoms with E-state index in [1.165, 1.54) is 30.5 Å². The lowest BCUT2D eigenvalue weighted by atomic mass is 10.2. The highest BCUT2D eigenvalue weighted by molar-refractivity contribution is 5.87. The fraction of sp³-hybridized carbons (Fsp3) is 0. The van der Waals surface area contributed by atoms with E-state index in [2.05, 4.69) is 0 Å². The summed E-state index contributed by atoms with van der Waals surface area (Å²) in [5, 5.41) is 17.9. The second kappa shape index (κ2) is 3.13. The molecule has 0 fully saturated rings. The smallest absolute Gasteiger partial charge is 0.341 e. The Bertz CT molecular complexity index is 600. The van der Waals surface area contributed by atoms with E-state index in [1.54, 1.807) is 0 Å². The maximum atomic E-state index is 11.6. The lowest BCUT2D eigenvalue weighted by molar-refractivity contribution is 0.0695. The molecule has 2 aromatic rings. The van der Waals surface area contributed by atoms with Crippen LogP contribution in [0.25, 0.3) is 5.52 Å². The summed E-state index contributed by atoms with van der Waals surface area (Å²) < 4.78 is 1.10. The first-order chi connectivity index (χ1) is 7.09. The van der Waals surface area contributed by atoms with Crippen molar-refractivity contribution in [3.63, 3.8) is 0 Å². The van der Waals surface area contributed by atoms with Gasteiger partial charge >= 0.3 is 5.97 Å². The van der Waals surface area contributed by atoms with Crippen LogP contribution in [0.5, 0.6) is 5.75 Å². The third kappa shape index (κ3) is 1.43. The van der Waals surface area contributed by atoms with Crippen molar-refractivity contribution in [2.45, 2.75) is 0 Å². The van der Waals surface area contributed by atoms with E-state index in [1.807, 2.05) is 0 Å². The zero-order valence-electron chi connectivity index (χ0n) is 7.54. The number of pyridine rings is 2. The average molecular weight is 205 g/mol. The first-order valence-electron chi connectivity index (χ1n) is 4.17. The molecule has 0 aliphatic carbocycles. The van der Waals surface area contributed by atoms with Crippen LogP contribution in [0, 0.1) is 0 Å². The van der Waals surface area contributed by atoms with E-state index >= 15 is 0 Å². The molecule has 0 saturated carbocycles. The van der Waals surface area contributed by atoms with Gasteiger partial charge in [0.1, 0.15) is 11.3 Å². The molecule has 76 valence electrons. The van der Waals surface area contributed by atoms with E-state index in [0.717, 1.165) is 4.40 Å². The Hall–Kier alpha value is -2.30. The lowest BCUT2D eigenvalue weighted by Gasteiger charge is -2.02. The van der Waals surface area contributed by atoms with Crippen molar-refractivity contribution in [1.29, 1.82) is 0 Å². The molecule has 5 nitrogen and oxygen atoms in total. The van der Waals surface area contributed by atoms with Crippen LogP contribution in [-0.2, 0) is 0 Å². The number of aromatic nitrogens is 1. The lowest BCUT2D eigenvalue weighted by Crippen LogP contribution is -2.21. The molecule has 0 unspecified atom stereocenters. The van der Waals surface area contributed by atoms with Gasteiger partial charge < -0.3 is 10.2 Å². The van der Waals surface area contributed by atoms with Crippen LogP contribution in [0.4, 0.5) is 0 Å².